The number of aliphatic hydroxyl groups excluding tert-OH is 1. The molecule has 2 atom stereocenters. The number of nitrogens with zero attached hydrogens (tertiary/aromatic N) is 3. The molecule has 2 aromatic heterocycles. The van der Waals surface area contributed by atoms with Gasteiger partial charge < -0.3 is 25.0 Å². The molecule has 0 spiro atoms. The predicted molar refractivity (Wildman–Crippen MR) is 138 cm³/mol. The zero-order valence-electron chi connectivity index (χ0n) is 21.3. The summed E-state index contributed by atoms with van der Waals surface area (Å²) in [5.74, 6) is -0.375. The average molecular weight is 514 g/mol. The van der Waals surface area contributed by atoms with Crippen molar-refractivity contribution >= 4 is 16.9 Å². The van der Waals surface area contributed by atoms with E-state index < -0.39 is 18.1 Å². The second kappa shape index (κ2) is 10.4. The number of alkyl halides is 1. The Balaban J connectivity index is 1.54. The summed E-state index contributed by atoms with van der Waals surface area (Å²) in [5.41, 5.74) is 2.71. The summed E-state index contributed by atoms with van der Waals surface area (Å²) in [7, 11) is 0. The zero-order chi connectivity index (χ0) is 26.3. The van der Waals surface area contributed by atoms with Crippen LogP contribution >= 0.6 is 0 Å². The third-order valence-corrected chi connectivity index (χ3v) is 7.38. The largest absolute Gasteiger partial charge is 0.389 e. The lowest BCUT2D eigenvalue weighted by atomic mass is 9.90. The maximum atomic E-state index is 14.9. The van der Waals surface area contributed by atoms with E-state index in [-0.39, 0.29) is 41.8 Å². The number of rotatable bonds is 7. The highest BCUT2D eigenvalue weighted by Crippen LogP contribution is 2.29. The van der Waals surface area contributed by atoms with E-state index in [1.165, 1.54) is 0 Å². The van der Waals surface area contributed by atoms with E-state index >= 15 is 0 Å². The number of benzene rings is 1. The van der Waals surface area contributed by atoms with Crippen LogP contribution in [-0.4, -0.2) is 57.2 Å². The number of hydrogen-bond donors (Lipinski definition) is 3. The van der Waals surface area contributed by atoms with Gasteiger partial charge in [-0.3, -0.25) is 4.79 Å². The Morgan fingerprint density at radius 2 is 2.08 bits per heavy atom. The van der Waals surface area contributed by atoms with Crippen LogP contribution in [-0.2, 0) is 11.3 Å². The average Bonchev–Trinajstić information content (AvgIpc) is 2.85. The molecule has 1 aliphatic carbocycles. The number of aliphatic hydroxyl groups is 1. The van der Waals surface area contributed by atoms with Crippen molar-refractivity contribution in [1.29, 1.82) is 0 Å². The Hall–Kier alpha value is -2.95. The molecule has 1 aromatic carbocycles. The number of fused-ring (bicyclic) bond motifs is 1. The number of hydrogen-bond acceptors (Lipinski definition) is 7. The molecule has 3 N–H and O–H groups in total. The molecule has 5 rings (SSSR count). The lowest BCUT2D eigenvalue weighted by Crippen LogP contribution is -2.42. The van der Waals surface area contributed by atoms with E-state index in [1.807, 2.05) is 20.8 Å². The SMILES string of the molecule is Cc1c(CNC2CC(F)C2)n(C(C)C)c2cc(-c3nc(N[C@@H]4CCOC[C@H]4O)ncc3F)ccc2c1=O. The third-order valence-electron chi connectivity index (χ3n) is 7.38. The molecule has 1 saturated carbocycles. The molecule has 10 heteroatoms. The van der Waals surface area contributed by atoms with Crippen LogP contribution in [0.2, 0.25) is 0 Å². The molecule has 0 amide bonds. The summed E-state index contributed by atoms with van der Waals surface area (Å²) in [4.78, 5) is 21.8. The Labute approximate surface area is 214 Å². The highest BCUT2D eigenvalue weighted by atomic mass is 19.1. The van der Waals surface area contributed by atoms with Crippen molar-refractivity contribution < 1.29 is 18.6 Å². The molecule has 37 heavy (non-hydrogen) atoms. The minimum Gasteiger partial charge on any atom is -0.389 e. The second-order valence-electron chi connectivity index (χ2n) is 10.3. The first-order valence-corrected chi connectivity index (χ1v) is 12.8. The van der Waals surface area contributed by atoms with Crippen LogP contribution in [0, 0.1) is 12.7 Å². The van der Waals surface area contributed by atoms with E-state index in [0.717, 1.165) is 11.9 Å². The van der Waals surface area contributed by atoms with Crippen molar-refractivity contribution in [2.45, 2.75) is 77.0 Å². The van der Waals surface area contributed by atoms with E-state index in [9.17, 15) is 18.7 Å². The molecular weight excluding hydrogens is 480 g/mol. The summed E-state index contributed by atoms with van der Waals surface area (Å²) in [5, 5.41) is 17.2. The summed E-state index contributed by atoms with van der Waals surface area (Å²) in [6.07, 6.45) is 1.18. The second-order valence-corrected chi connectivity index (χ2v) is 10.3. The van der Waals surface area contributed by atoms with Crippen molar-refractivity contribution in [3.8, 4) is 11.3 Å². The van der Waals surface area contributed by atoms with Crippen molar-refractivity contribution in [3.63, 3.8) is 0 Å². The number of anilines is 1. The molecule has 0 radical (unpaired) electrons. The summed E-state index contributed by atoms with van der Waals surface area (Å²) < 4.78 is 35.6. The van der Waals surface area contributed by atoms with Crippen molar-refractivity contribution in [3.05, 3.63) is 51.7 Å². The molecule has 0 unspecified atom stereocenters. The fraction of sp³-hybridized carbons (Fsp3) is 0.519. The first-order chi connectivity index (χ1) is 17.7. The maximum Gasteiger partial charge on any atom is 0.223 e. The lowest BCUT2D eigenvalue weighted by molar-refractivity contribution is -0.0136. The van der Waals surface area contributed by atoms with E-state index in [1.54, 1.807) is 18.2 Å². The molecule has 2 aliphatic rings. The van der Waals surface area contributed by atoms with Gasteiger partial charge in [-0.15, -0.1) is 0 Å². The van der Waals surface area contributed by atoms with Gasteiger partial charge >= 0.3 is 0 Å². The molecule has 198 valence electrons. The van der Waals surface area contributed by atoms with Gasteiger partial charge in [-0.2, -0.15) is 0 Å². The van der Waals surface area contributed by atoms with Crippen LogP contribution in [0.4, 0.5) is 14.7 Å². The lowest BCUT2D eigenvalue weighted by Gasteiger charge is -2.32. The number of halogens is 2. The van der Waals surface area contributed by atoms with Crippen LogP contribution in [0.3, 0.4) is 0 Å². The Morgan fingerprint density at radius 3 is 2.78 bits per heavy atom. The minimum absolute atomic E-state index is 0.0200. The highest BCUT2D eigenvalue weighted by molar-refractivity contribution is 5.85. The van der Waals surface area contributed by atoms with Gasteiger partial charge in [0, 0.05) is 47.4 Å². The summed E-state index contributed by atoms with van der Waals surface area (Å²) in [6.45, 7) is 7.05. The molecule has 8 nitrogen and oxygen atoms in total. The third kappa shape index (κ3) is 5.10. The Morgan fingerprint density at radius 1 is 1.30 bits per heavy atom. The molecular formula is C27H33F2N5O3. The summed E-state index contributed by atoms with van der Waals surface area (Å²) in [6, 6.07) is 5.02. The number of nitrogens with one attached hydrogen (secondary N) is 2. The fourth-order valence-electron chi connectivity index (χ4n) is 5.19. The first-order valence-electron chi connectivity index (χ1n) is 12.8. The smallest absolute Gasteiger partial charge is 0.223 e. The molecule has 2 fully saturated rings. The number of pyridine rings is 1. The van der Waals surface area contributed by atoms with Crippen molar-refractivity contribution in [2.75, 3.05) is 18.5 Å². The van der Waals surface area contributed by atoms with Gasteiger partial charge in [-0.25, -0.2) is 18.7 Å². The van der Waals surface area contributed by atoms with E-state index in [2.05, 4.69) is 25.2 Å². The molecule has 1 aliphatic heterocycles. The minimum atomic E-state index is -0.762. The fourth-order valence-corrected chi connectivity index (χ4v) is 5.19. The maximum absolute atomic E-state index is 14.9. The van der Waals surface area contributed by atoms with Gasteiger partial charge in [0.05, 0.1) is 30.5 Å². The molecule has 3 heterocycles. The number of ether oxygens (including phenoxy) is 1. The van der Waals surface area contributed by atoms with Gasteiger partial charge in [-0.05, 0) is 52.2 Å². The van der Waals surface area contributed by atoms with Crippen LogP contribution in [0.5, 0.6) is 0 Å². The standard InChI is InChI=1S/C27H33F2N5O3/c1-14(2)34-22-8-16(25-20(29)11-31-27(33-25)32-21-6-7-37-13-24(21)35)4-5-19(22)26(36)15(3)23(34)12-30-18-9-17(28)10-18/h4-5,8,11,14,17-18,21,24,30,35H,6-7,9-10,12-13H2,1-3H3,(H,31,32,33)/t17?,18?,21-,24-/m1/s1. The summed E-state index contributed by atoms with van der Waals surface area (Å²) >= 11 is 0. The highest BCUT2D eigenvalue weighted by Gasteiger charge is 2.29. The normalized spacial score (nSPS) is 23.9. The van der Waals surface area contributed by atoms with Gasteiger partial charge in [0.15, 0.2) is 11.2 Å². The monoisotopic (exact) mass is 513 g/mol. The Bertz CT molecular complexity index is 1360. The van der Waals surface area contributed by atoms with Crippen LogP contribution in [0.15, 0.2) is 29.2 Å². The van der Waals surface area contributed by atoms with Gasteiger partial charge in [-0.1, -0.05) is 6.07 Å². The molecule has 3 aromatic rings. The van der Waals surface area contributed by atoms with Crippen LogP contribution in [0.25, 0.3) is 22.2 Å². The van der Waals surface area contributed by atoms with Crippen molar-refractivity contribution in [1.82, 2.24) is 19.9 Å². The van der Waals surface area contributed by atoms with Crippen LogP contribution in [0.1, 0.15) is 50.4 Å². The topological polar surface area (TPSA) is 101 Å². The van der Waals surface area contributed by atoms with E-state index in [0.29, 0.717) is 54.4 Å². The van der Waals surface area contributed by atoms with E-state index in [4.69, 9.17) is 4.74 Å². The first kappa shape index (κ1) is 25.7. The molecule has 1 saturated heterocycles. The quantitative estimate of drug-likeness (QED) is 0.444. The predicted octanol–water partition coefficient (Wildman–Crippen LogP) is 3.64. The number of aromatic nitrogens is 3. The van der Waals surface area contributed by atoms with Gasteiger partial charge in [0.1, 0.15) is 11.9 Å². The zero-order valence-corrected chi connectivity index (χ0v) is 21.3. The van der Waals surface area contributed by atoms with Gasteiger partial charge in [0.25, 0.3) is 0 Å². The van der Waals surface area contributed by atoms with Crippen LogP contribution < -0.4 is 16.1 Å². The van der Waals surface area contributed by atoms with Crippen molar-refractivity contribution in [2.24, 2.45) is 0 Å². The van der Waals surface area contributed by atoms with Gasteiger partial charge in [0.2, 0.25) is 5.95 Å². The molecule has 0 bridgehead atoms. The Kier molecular flexibility index (Phi) is 7.24.